The maximum absolute atomic E-state index is 12.6. The second-order valence-corrected chi connectivity index (χ2v) is 6.09. The highest BCUT2D eigenvalue weighted by Gasteiger charge is 2.27. The van der Waals surface area contributed by atoms with Crippen LogP contribution in [-0.4, -0.2) is 47.0 Å². The molecule has 122 valence electrons. The van der Waals surface area contributed by atoms with Crippen molar-refractivity contribution < 1.29 is 4.79 Å². The van der Waals surface area contributed by atoms with Gasteiger partial charge in [-0.05, 0) is 32.1 Å². The molecule has 1 amide bonds. The molecule has 0 bridgehead atoms. The number of hydrogen-bond donors (Lipinski definition) is 0. The van der Waals surface area contributed by atoms with E-state index in [9.17, 15) is 4.79 Å². The summed E-state index contributed by atoms with van der Waals surface area (Å²) in [5.74, 6) is 0.859. The summed E-state index contributed by atoms with van der Waals surface area (Å²) < 4.78 is 0. The number of amides is 1. The molecule has 5 heteroatoms. The molecule has 1 fully saturated rings. The van der Waals surface area contributed by atoms with Crippen molar-refractivity contribution >= 4 is 11.7 Å². The molecule has 0 radical (unpaired) electrons. The summed E-state index contributed by atoms with van der Waals surface area (Å²) in [6.45, 7) is 6.12. The molecule has 1 saturated heterocycles. The maximum Gasteiger partial charge on any atom is 0.274 e. The van der Waals surface area contributed by atoms with Crippen molar-refractivity contribution in [2.24, 2.45) is 0 Å². The van der Waals surface area contributed by atoms with Crippen molar-refractivity contribution in [2.75, 3.05) is 25.0 Å². The smallest absolute Gasteiger partial charge is 0.274 e. The fourth-order valence-electron chi connectivity index (χ4n) is 2.98. The molecule has 1 aromatic heterocycles. The van der Waals surface area contributed by atoms with Crippen molar-refractivity contribution in [1.29, 1.82) is 0 Å². The van der Waals surface area contributed by atoms with Gasteiger partial charge in [-0.25, -0.2) is 9.97 Å². The monoisotopic (exact) mass is 304 g/mol. The molecule has 0 aromatic carbocycles. The van der Waals surface area contributed by atoms with Crippen LogP contribution in [0.25, 0.3) is 0 Å². The van der Waals surface area contributed by atoms with Crippen molar-refractivity contribution in [1.82, 2.24) is 14.9 Å². The quantitative estimate of drug-likeness (QED) is 0.810. The topological polar surface area (TPSA) is 49.3 Å². The number of unbranched alkanes of at least 4 members (excludes halogenated alkanes) is 1. The minimum atomic E-state index is 0.0295. The van der Waals surface area contributed by atoms with Crippen LogP contribution in [0.3, 0.4) is 0 Å². The number of piperidine rings is 1. The minimum Gasteiger partial charge on any atom is -0.358 e. The summed E-state index contributed by atoms with van der Waals surface area (Å²) in [4.78, 5) is 25.5. The van der Waals surface area contributed by atoms with E-state index in [1.165, 1.54) is 6.42 Å². The van der Waals surface area contributed by atoms with Gasteiger partial charge >= 0.3 is 0 Å². The summed E-state index contributed by atoms with van der Waals surface area (Å²) in [6, 6.07) is 0.356. The Morgan fingerprint density at radius 3 is 2.77 bits per heavy atom. The van der Waals surface area contributed by atoms with Gasteiger partial charge in [0.2, 0.25) is 0 Å². The number of carbonyl (C=O) groups is 1. The number of aromatic nitrogens is 2. The maximum atomic E-state index is 12.6. The summed E-state index contributed by atoms with van der Waals surface area (Å²) in [6.07, 6.45) is 10.1. The van der Waals surface area contributed by atoms with Gasteiger partial charge < -0.3 is 9.80 Å². The lowest BCUT2D eigenvalue weighted by molar-refractivity contribution is 0.0601. The standard InChI is InChI=1S/C17H28N4O/c1-4-6-10-20(3)16-13-18-15(12-19-16)17(22)21-11-8-7-9-14(21)5-2/h12-14H,4-11H2,1-3H3. The van der Waals surface area contributed by atoms with Gasteiger partial charge in [-0.2, -0.15) is 0 Å². The zero-order chi connectivity index (χ0) is 15.9. The Morgan fingerprint density at radius 2 is 2.14 bits per heavy atom. The first-order valence-corrected chi connectivity index (χ1v) is 8.51. The summed E-state index contributed by atoms with van der Waals surface area (Å²) in [5, 5.41) is 0. The molecule has 0 aliphatic carbocycles. The molecule has 1 atom stereocenters. The molecular formula is C17H28N4O. The third-order valence-electron chi connectivity index (χ3n) is 4.45. The van der Waals surface area contributed by atoms with Gasteiger partial charge in [0.05, 0.1) is 12.4 Å². The van der Waals surface area contributed by atoms with Gasteiger partial charge in [-0.15, -0.1) is 0 Å². The highest BCUT2D eigenvalue weighted by molar-refractivity contribution is 5.92. The van der Waals surface area contributed by atoms with Gasteiger partial charge in [0.25, 0.3) is 5.91 Å². The molecule has 1 aliphatic rings. The van der Waals surface area contributed by atoms with E-state index in [0.717, 1.165) is 51.0 Å². The fraction of sp³-hybridized carbons (Fsp3) is 0.706. The van der Waals surface area contributed by atoms with Crippen LogP contribution in [0.1, 0.15) is 62.9 Å². The number of nitrogens with zero attached hydrogens (tertiary/aromatic N) is 4. The van der Waals surface area contributed by atoms with Crippen LogP contribution in [-0.2, 0) is 0 Å². The van der Waals surface area contributed by atoms with E-state index >= 15 is 0 Å². The van der Waals surface area contributed by atoms with Gasteiger partial charge in [0, 0.05) is 26.2 Å². The van der Waals surface area contributed by atoms with Crippen LogP contribution >= 0.6 is 0 Å². The number of likely N-dealkylation sites (tertiary alicyclic amines) is 1. The molecule has 2 heterocycles. The molecule has 1 aliphatic heterocycles. The van der Waals surface area contributed by atoms with Crippen molar-refractivity contribution in [3.8, 4) is 0 Å². The SMILES string of the molecule is CCCCN(C)c1cnc(C(=O)N2CCCCC2CC)cn1. The fourth-order valence-corrected chi connectivity index (χ4v) is 2.98. The highest BCUT2D eigenvalue weighted by atomic mass is 16.2. The first kappa shape index (κ1) is 16.7. The van der Waals surface area contributed by atoms with E-state index in [0.29, 0.717) is 11.7 Å². The first-order chi connectivity index (χ1) is 10.7. The molecule has 0 saturated carbocycles. The Kier molecular flexibility index (Phi) is 6.16. The van der Waals surface area contributed by atoms with Crippen LogP contribution in [0.4, 0.5) is 5.82 Å². The van der Waals surface area contributed by atoms with Crippen LogP contribution in [0, 0.1) is 0 Å². The predicted molar refractivity (Wildman–Crippen MR) is 89.2 cm³/mol. The second kappa shape index (κ2) is 8.11. The van der Waals surface area contributed by atoms with E-state index in [-0.39, 0.29) is 5.91 Å². The Morgan fingerprint density at radius 1 is 1.32 bits per heavy atom. The summed E-state index contributed by atoms with van der Waals surface area (Å²) in [7, 11) is 2.01. The van der Waals surface area contributed by atoms with Crippen molar-refractivity contribution in [3.63, 3.8) is 0 Å². The van der Waals surface area contributed by atoms with Crippen LogP contribution in [0.5, 0.6) is 0 Å². The van der Waals surface area contributed by atoms with Crippen molar-refractivity contribution in [3.05, 3.63) is 18.1 Å². The highest BCUT2D eigenvalue weighted by Crippen LogP contribution is 2.21. The van der Waals surface area contributed by atoms with E-state index in [2.05, 4.69) is 28.7 Å². The third-order valence-corrected chi connectivity index (χ3v) is 4.45. The molecule has 2 rings (SSSR count). The number of carbonyl (C=O) groups excluding carboxylic acids is 1. The third kappa shape index (κ3) is 3.96. The zero-order valence-corrected chi connectivity index (χ0v) is 14.1. The van der Waals surface area contributed by atoms with Gasteiger partial charge in [0.1, 0.15) is 11.5 Å². The number of hydrogen-bond acceptors (Lipinski definition) is 4. The van der Waals surface area contributed by atoms with Crippen LogP contribution in [0.2, 0.25) is 0 Å². The largest absolute Gasteiger partial charge is 0.358 e. The molecule has 22 heavy (non-hydrogen) atoms. The molecule has 5 nitrogen and oxygen atoms in total. The van der Waals surface area contributed by atoms with Gasteiger partial charge in [-0.3, -0.25) is 4.79 Å². The second-order valence-electron chi connectivity index (χ2n) is 6.09. The molecule has 1 aromatic rings. The van der Waals surface area contributed by atoms with E-state index in [1.54, 1.807) is 12.4 Å². The molecular weight excluding hydrogens is 276 g/mol. The Labute approximate surface area is 133 Å². The number of anilines is 1. The number of rotatable bonds is 6. The van der Waals surface area contributed by atoms with Gasteiger partial charge in [0.15, 0.2) is 0 Å². The zero-order valence-electron chi connectivity index (χ0n) is 14.1. The van der Waals surface area contributed by atoms with E-state index in [1.807, 2.05) is 11.9 Å². The normalized spacial score (nSPS) is 18.3. The average molecular weight is 304 g/mol. The van der Waals surface area contributed by atoms with E-state index < -0.39 is 0 Å². The Balaban J connectivity index is 2.04. The average Bonchev–Trinajstić information content (AvgIpc) is 2.59. The van der Waals surface area contributed by atoms with E-state index in [4.69, 9.17) is 0 Å². The predicted octanol–water partition coefficient (Wildman–Crippen LogP) is 3.12. The summed E-state index contributed by atoms with van der Waals surface area (Å²) >= 11 is 0. The minimum absolute atomic E-state index is 0.0295. The van der Waals surface area contributed by atoms with Crippen molar-refractivity contribution in [2.45, 2.75) is 58.4 Å². The lowest BCUT2D eigenvalue weighted by Gasteiger charge is -2.35. The summed E-state index contributed by atoms with van der Waals surface area (Å²) in [5.41, 5.74) is 0.466. The van der Waals surface area contributed by atoms with Gasteiger partial charge in [-0.1, -0.05) is 20.3 Å². The molecule has 1 unspecified atom stereocenters. The molecule has 0 spiro atoms. The molecule has 0 N–H and O–H groups in total. The lowest BCUT2D eigenvalue weighted by atomic mass is 10.00. The van der Waals surface area contributed by atoms with Crippen LogP contribution < -0.4 is 4.90 Å². The first-order valence-electron chi connectivity index (χ1n) is 8.51. The Hall–Kier alpha value is -1.65. The lowest BCUT2D eigenvalue weighted by Crippen LogP contribution is -2.43. The van der Waals surface area contributed by atoms with Crippen LogP contribution in [0.15, 0.2) is 12.4 Å². The Bertz CT molecular complexity index is 474.